The number of alkyl halides is 3. The number of carboxylic acids is 1. The standard InChI is InChI=1S/C16H20F3NO3/c17-16(18,19)23-14-4-2-1-3-11(14)9-10-20-13-7-5-12(6-8-13)15(21)22/h1-4,12-13,20H,5-10H2,(H,21,22). The second-order valence-corrected chi connectivity index (χ2v) is 5.75. The van der Waals surface area contributed by atoms with Gasteiger partial charge in [0, 0.05) is 6.04 Å². The lowest BCUT2D eigenvalue weighted by atomic mass is 9.86. The van der Waals surface area contributed by atoms with Crippen molar-refractivity contribution < 1.29 is 27.8 Å². The molecule has 7 heteroatoms. The Morgan fingerprint density at radius 2 is 1.87 bits per heavy atom. The number of halogens is 3. The number of hydrogen-bond donors (Lipinski definition) is 2. The number of carbonyl (C=O) groups is 1. The van der Waals surface area contributed by atoms with Crippen molar-refractivity contribution >= 4 is 5.97 Å². The van der Waals surface area contributed by atoms with Crippen LogP contribution < -0.4 is 10.1 Å². The molecule has 0 radical (unpaired) electrons. The van der Waals surface area contributed by atoms with Crippen LogP contribution >= 0.6 is 0 Å². The lowest BCUT2D eigenvalue weighted by Crippen LogP contribution is -2.36. The molecule has 0 atom stereocenters. The zero-order chi connectivity index (χ0) is 16.9. The van der Waals surface area contributed by atoms with Gasteiger partial charge in [-0.25, -0.2) is 0 Å². The number of carboxylic acid groups (broad SMARTS) is 1. The van der Waals surface area contributed by atoms with Crippen LogP contribution in [0.2, 0.25) is 0 Å². The van der Waals surface area contributed by atoms with Gasteiger partial charge < -0.3 is 15.2 Å². The van der Waals surface area contributed by atoms with Gasteiger partial charge in [0.15, 0.2) is 0 Å². The van der Waals surface area contributed by atoms with Gasteiger partial charge >= 0.3 is 12.3 Å². The molecule has 2 rings (SSSR count). The van der Waals surface area contributed by atoms with Gasteiger partial charge in [0.2, 0.25) is 0 Å². The molecule has 23 heavy (non-hydrogen) atoms. The molecule has 0 bridgehead atoms. The maximum absolute atomic E-state index is 12.4. The number of aliphatic carboxylic acids is 1. The van der Waals surface area contributed by atoms with Gasteiger partial charge in [0.1, 0.15) is 5.75 Å². The number of ether oxygens (including phenoxy) is 1. The molecule has 0 spiro atoms. The smallest absolute Gasteiger partial charge is 0.481 e. The molecule has 1 aromatic rings. The zero-order valence-corrected chi connectivity index (χ0v) is 12.6. The molecule has 4 nitrogen and oxygen atoms in total. The van der Waals surface area contributed by atoms with Crippen LogP contribution in [-0.4, -0.2) is 30.0 Å². The third kappa shape index (κ3) is 5.74. The van der Waals surface area contributed by atoms with Crippen LogP contribution in [-0.2, 0) is 11.2 Å². The van der Waals surface area contributed by atoms with E-state index in [4.69, 9.17) is 5.11 Å². The minimum absolute atomic E-state index is 0.170. The normalized spacial score (nSPS) is 21.9. The fourth-order valence-corrected chi connectivity index (χ4v) is 2.89. The Bertz CT molecular complexity index is 526. The Morgan fingerprint density at radius 3 is 2.48 bits per heavy atom. The average molecular weight is 331 g/mol. The molecule has 0 heterocycles. The van der Waals surface area contributed by atoms with Crippen LogP contribution in [0.5, 0.6) is 5.75 Å². The van der Waals surface area contributed by atoms with E-state index in [-0.39, 0.29) is 17.7 Å². The first-order chi connectivity index (χ1) is 10.8. The van der Waals surface area contributed by atoms with Gasteiger partial charge in [-0.15, -0.1) is 13.2 Å². The van der Waals surface area contributed by atoms with Crippen molar-refractivity contribution in [3.8, 4) is 5.75 Å². The Morgan fingerprint density at radius 1 is 1.22 bits per heavy atom. The summed E-state index contributed by atoms with van der Waals surface area (Å²) >= 11 is 0. The Hall–Kier alpha value is -1.76. The van der Waals surface area contributed by atoms with Crippen LogP contribution in [0.25, 0.3) is 0 Å². The fourth-order valence-electron chi connectivity index (χ4n) is 2.89. The first-order valence-corrected chi connectivity index (χ1v) is 7.65. The maximum atomic E-state index is 12.4. The van der Waals surface area contributed by atoms with E-state index in [1.54, 1.807) is 12.1 Å². The largest absolute Gasteiger partial charge is 0.573 e. The van der Waals surface area contributed by atoms with E-state index in [1.807, 2.05) is 0 Å². The maximum Gasteiger partial charge on any atom is 0.573 e. The van der Waals surface area contributed by atoms with Crippen LogP contribution in [0.15, 0.2) is 24.3 Å². The summed E-state index contributed by atoms with van der Waals surface area (Å²) in [5.74, 6) is -1.19. The topological polar surface area (TPSA) is 58.6 Å². The van der Waals surface area contributed by atoms with E-state index in [0.717, 1.165) is 12.8 Å². The monoisotopic (exact) mass is 331 g/mol. The van der Waals surface area contributed by atoms with Crippen molar-refractivity contribution in [2.45, 2.75) is 44.5 Å². The third-order valence-electron chi connectivity index (χ3n) is 4.10. The highest BCUT2D eigenvalue weighted by molar-refractivity contribution is 5.70. The fraction of sp³-hybridized carbons (Fsp3) is 0.562. The van der Waals surface area contributed by atoms with Crippen molar-refractivity contribution in [1.82, 2.24) is 5.32 Å². The van der Waals surface area contributed by atoms with Crippen molar-refractivity contribution in [3.05, 3.63) is 29.8 Å². The summed E-state index contributed by atoms with van der Waals surface area (Å²) in [5, 5.41) is 12.2. The van der Waals surface area contributed by atoms with Crippen molar-refractivity contribution in [1.29, 1.82) is 0 Å². The summed E-state index contributed by atoms with van der Waals surface area (Å²) in [5.41, 5.74) is 0.497. The van der Waals surface area contributed by atoms with Gasteiger partial charge in [-0.1, -0.05) is 18.2 Å². The van der Waals surface area contributed by atoms with Crippen LogP contribution in [0.4, 0.5) is 13.2 Å². The second-order valence-electron chi connectivity index (χ2n) is 5.75. The molecule has 0 saturated heterocycles. The molecule has 1 fully saturated rings. The second kappa shape index (κ2) is 7.68. The molecule has 1 aliphatic carbocycles. The highest BCUT2D eigenvalue weighted by Crippen LogP contribution is 2.27. The minimum Gasteiger partial charge on any atom is -0.481 e. The van der Waals surface area contributed by atoms with Gasteiger partial charge in [-0.05, 0) is 50.3 Å². The van der Waals surface area contributed by atoms with Gasteiger partial charge in [0.05, 0.1) is 5.92 Å². The Balaban J connectivity index is 1.80. The highest BCUT2D eigenvalue weighted by atomic mass is 19.4. The lowest BCUT2D eigenvalue weighted by molar-refractivity contribution is -0.274. The number of rotatable bonds is 6. The van der Waals surface area contributed by atoms with Crippen molar-refractivity contribution in [2.24, 2.45) is 5.92 Å². The van der Waals surface area contributed by atoms with E-state index in [1.165, 1.54) is 12.1 Å². The minimum atomic E-state index is -4.70. The lowest BCUT2D eigenvalue weighted by Gasteiger charge is -2.27. The number of nitrogens with one attached hydrogen (secondary N) is 1. The summed E-state index contributed by atoms with van der Waals surface area (Å²) in [4.78, 5) is 10.9. The van der Waals surface area contributed by atoms with Gasteiger partial charge in [0.25, 0.3) is 0 Å². The van der Waals surface area contributed by atoms with E-state index >= 15 is 0 Å². The van der Waals surface area contributed by atoms with Crippen molar-refractivity contribution in [2.75, 3.05) is 6.54 Å². The molecular weight excluding hydrogens is 311 g/mol. The first kappa shape index (κ1) is 17.6. The summed E-state index contributed by atoms with van der Waals surface area (Å²) < 4.78 is 41.1. The van der Waals surface area contributed by atoms with Crippen LogP contribution in [0.3, 0.4) is 0 Å². The SMILES string of the molecule is O=C(O)C1CCC(NCCc2ccccc2OC(F)(F)F)CC1. The molecule has 2 N–H and O–H groups in total. The predicted octanol–water partition coefficient (Wildman–Crippen LogP) is 3.36. The van der Waals surface area contributed by atoms with Crippen LogP contribution in [0, 0.1) is 5.92 Å². The Kier molecular flexibility index (Phi) is 5.87. The molecule has 128 valence electrons. The summed E-state index contributed by atoms with van der Waals surface area (Å²) in [7, 11) is 0. The van der Waals surface area contributed by atoms with Crippen molar-refractivity contribution in [3.63, 3.8) is 0 Å². The molecule has 1 saturated carbocycles. The molecule has 1 aliphatic rings. The number of para-hydroxylation sites is 1. The highest BCUT2D eigenvalue weighted by Gasteiger charge is 2.32. The Labute approximate surface area is 132 Å². The quantitative estimate of drug-likeness (QED) is 0.839. The summed E-state index contributed by atoms with van der Waals surface area (Å²) in [6.07, 6.45) is -1.44. The van der Waals surface area contributed by atoms with E-state index in [2.05, 4.69) is 10.1 Å². The summed E-state index contributed by atoms with van der Waals surface area (Å²) in [6, 6.07) is 6.33. The molecule has 0 amide bonds. The average Bonchev–Trinajstić information content (AvgIpc) is 2.48. The predicted molar refractivity (Wildman–Crippen MR) is 78.2 cm³/mol. The molecule has 1 aromatic carbocycles. The zero-order valence-electron chi connectivity index (χ0n) is 12.6. The third-order valence-corrected chi connectivity index (χ3v) is 4.10. The summed E-state index contributed by atoms with van der Waals surface area (Å²) in [6.45, 7) is 0.528. The number of benzene rings is 1. The molecule has 0 unspecified atom stereocenters. The number of hydrogen-bond acceptors (Lipinski definition) is 3. The molecule has 0 aromatic heterocycles. The first-order valence-electron chi connectivity index (χ1n) is 7.65. The van der Waals surface area contributed by atoms with Crippen LogP contribution in [0.1, 0.15) is 31.2 Å². The molecule has 0 aliphatic heterocycles. The molecular formula is C16H20F3NO3. The van der Waals surface area contributed by atoms with Gasteiger partial charge in [-0.2, -0.15) is 0 Å². The van der Waals surface area contributed by atoms with E-state index in [0.29, 0.717) is 31.4 Å². The van der Waals surface area contributed by atoms with E-state index < -0.39 is 12.3 Å². The van der Waals surface area contributed by atoms with Gasteiger partial charge in [-0.3, -0.25) is 4.79 Å². The van der Waals surface area contributed by atoms with E-state index in [9.17, 15) is 18.0 Å².